The fourth-order valence-electron chi connectivity index (χ4n) is 4.79. The normalized spacial score (nSPS) is 20.0. The van der Waals surface area contributed by atoms with E-state index in [0.29, 0.717) is 17.1 Å². The zero-order valence-electron chi connectivity index (χ0n) is 18.3. The summed E-state index contributed by atoms with van der Waals surface area (Å²) in [5, 5.41) is 3.25. The fourth-order valence-corrected chi connectivity index (χ4v) is 4.79. The van der Waals surface area contributed by atoms with Gasteiger partial charge in [-0.2, -0.15) is 0 Å². The van der Waals surface area contributed by atoms with Crippen LogP contribution in [0.2, 0.25) is 0 Å². The molecule has 1 unspecified atom stereocenters. The molecule has 2 aliphatic rings. The summed E-state index contributed by atoms with van der Waals surface area (Å²) in [4.78, 5) is 41.1. The second-order valence-corrected chi connectivity index (χ2v) is 8.67. The average Bonchev–Trinajstić information content (AvgIpc) is 3.04. The lowest BCUT2D eigenvalue weighted by atomic mass is 9.99. The van der Waals surface area contributed by atoms with Crippen LogP contribution in [0.25, 0.3) is 10.9 Å². The largest absolute Gasteiger partial charge is 0.367 e. The first-order valence-corrected chi connectivity index (χ1v) is 11.3. The number of aromatic nitrogens is 3. The fraction of sp³-hybridized carbons (Fsp3) is 0.417. The molecule has 1 amide bonds. The Morgan fingerprint density at radius 1 is 1.12 bits per heavy atom. The Bertz CT molecular complexity index is 1170. The van der Waals surface area contributed by atoms with E-state index in [1.807, 2.05) is 30.3 Å². The van der Waals surface area contributed by atoms with Gasteiger partial charge in [0.25, 0.3) is 11.5 Å². The SMILES string of the molecule is CNC(=O)c1ccc(N2CC(N3CCCC(c4nc5ccccc5c(=O)[nH]4)CC3)C2)cn1. The summed E-state index contributed by atoms with van der Waals surface area (Å²) < 4.78 is 0. The highest BCUT2D eigenvalue weighted by Gasteiger charge is 2.33. The number of para-hydroxylation sites is 1. The highest BCUT2D eigenvalue weighted by molar-refractivity contribution is 5.92. The number of fused-ring (bicyclic) bond motifs is 1. The van der Waals surface area contributed by atoms with Gasteiger partial charge in [-0.15, -0.1) is 0 Å². The van der Waals surface area contributed by atoms with E-state index in [2.05, 4.69) is 25.1 Å². The van der Waals surface area contributed by atoms with E-state index in [0.717, 1.165) is 62.5 Å². The minimum atomic E-state index is -0.167. The number of benzene rings is 1. The maximum Gasteiger partial charge on any atom is 0.269 e. The average molecular weight is 433 g/mol. The van der Waals surface area contributed by atoms with E-state index in [1.165, 1.54) is 0 Å². The molecule has 2 aromatic heterocycles. The molecular formula is C24H28N6O2. The van der Waals surface area contributed by atoms with Crippen LogP contribution >= 0.6 is 0 Å². The topological polar surface area (TPSA) is 94.2 Å². The van der Waals surface area contributed by atoms with Crippen molar-refractivity contribution in [2.45, 2.75) is 31.2 Å². The van der Waals surface area contributed by atoms with Crippen molar-refractivity contribution in [3.63, 3.8) is 0 Å². The van der Waals surface area contributed by atoms with E-state index < -0.39 is 0 Å². The number of anilines is 1. The minimum Gasteiger partial charge on any atom is -0.367 e. The molecule has 0 aliphatic carbocycles. The summed E-state index contributed by atoms with van der Waals surface area (Å²) in [6.45, 7) is 4.02. The van der Waals surface area contributed by atoms with Crippen molar-refractivity contribution in [2.75, 3.05) is 38.1 Å². The highest BCUT2D eigenvalue weighted by atomic mass is 16.1. The number of nitrogens with zero attached hydrogens (tertiary/aromatic N) is 4. The molecular weight excluding hydrogens is 404 g/mol. The number of pyridine rings is 1. The first-order chi connectivity index (χ1) is 15.6. The van der Waals surface area contributed by atoms with Gasteiger partial charge < -0.3 is 15.2 Å². The predicted octanol–water partition coefficient (Wildman–Crippen LogP) is 2.14. The van der Waals surface area contributed by atoms with Gasteiger partial charge in [-0.3, -0.25) is 14.5 Å². The summed E-state index contributed by atoms with van der Waals surface area (Å²) >= 11 is 0. The Balaban J connectivity index is 1.20. The molecule has 0 spiro atoms. The zero-order chi connectivity index (χ0) is 22.1. The first kappa shape index (κ1) is 20.6. The number of hydrogen-bond acceptors (Lipinski definition) is 6. The van der Waals surface area contributed by atoms with Crippen molar-refractivity contribution in [3.8, 4) is 0 Å². The number of amides is 1. The van der Waals surface area contributed by atoms with Gasteiger partial charge in [-0.1, -0.05) is 12.1 Å². The molecule has 8 heteroatoms. The van der Waals surface area contributed by atoms with Crippen molar-refractivity contribution in [3.05, 3.63) is 64.5 Å². The van der Waals surface area contributed by atoms with Gasteiger partial charge in [0.1, 0.15) is 11.5 Å². The number of rotatable bonds is 4. The molecule has 0 saturated carbocycles. The second kappa shape index (κ2) is 8.70. The summed E-state index contributed by atoms with van der Waals surface area (Å²) in [7, 11) is 1.61. The molecule has 2 aliphatic heterocycles. The van der Waals surface area contributed by atoms with Crippen LogP contribution in [0.5, 0.6) is 0 Å². The summed E-state index contributed by atoms with van der Waals surface area (Å²) in [6, 6.07) is 11.8. The maximum absolute atomic E-state index is 12.5. The van der Waals surface area contributed by atoms with Crippen LogP contribution in [-0.4, -0.2) is 65.0 Å². The van der Waals surface area contributed by atoms with Gasteiger partial charge in [0.2, 0.25) is 0 Å². The minimum absolute atomic E-state index is 0.0441. The Morgan fingerprint density at radius 2 is 1.97 bits per heavy atom. The van der Waals surface area contributed by atoms with Gasteiger partial charge in [-0.05, 0) is 56.6 Å². The van der Waals surface area contributed by atoms with Crippen molar-refractivity contribution in [1.82, 2.24) is 25.2 Å². The Labute approximate surface area is 186 Å². The summed E-state index contributed by atoms with van der Waals surface area (Å²) in [5.74, 6) is 0.947. The molecule has 2 N–H and O–H groups in total. The van der Waals surface area contributed by atoms with Crippen LogP contribution in [0.15, 0.2) is 47.4 Å². The molecule has 5 rings (SSSR count). The Morgan fingerprint density at radius 3 is 2.75 bits per heavy atom. The van der Waals surface area contributed by atoms with E-state index in [1.54, 1.807) is 19.3 Å². The number of H-pyrrole nitrogens is 1. The van der Waals surface area contributed by atoms with Crippen molar-refractivity contribution in [2.24, 2.45) is 0 Å². The summed E-state index contributed by atoms with van der Waals surface area (Å²) in [6.07, 6.45) is 4.92. The molecule has 166 valence electrons. The van der Waals surface area contributed by atoms with Crippen LogP contribution in [0, 0.1) is 0 Å². The molecule has 3 aromatic rings. The number of aromatic amines is 1. The highest BCUT2D eigenvalue weighted by Crippen LogP contribution is 2.30. The number of carbonyl (C=O) groups excluding carboxylic acids is 1. The van der Waals surface area contributed by atoms with Gasteiger partial charge in [0.15, 0.2) is 0 Å². The monoisotopic (exact) mass is 432 g/mol. The third kappa shape index (κ3) is 3.98. The Hall–Kier alpha value is -3.26. The van der Waals surface area contributed by atoms with Gasteiger partial charge in [-0.25, -0.2) is 9.97 Å². The van der Waals surface area contributed by atoms with Crippen molar-refractivity contribution >= 4 is 22.5 Å². The molecule has 1 aromatic carbocycles. The lowest BCUT2D eigenvalue weighted by Crippen LogP contribution is -2.59. The predicted molar refractivity (Wildman–Crippen MR) is 124 cm³/mol. The molecule has 2 saturated heterocycles. The second-order valence-electron chi connectivity index (χ2n) is 8.67. The number of nitrogens with one attached hydrogen (secondary N) is 2. The van der Waals surface area contributed by atoms with Crippen LogP contribution in [-0.2, 0) is 0 Å². The number of likely N-dealkylation sites (tertiary alicyclic amines) is 1. The zero-order valence-corrected chi connectivity index (χ0v) is 18.3. The molecule has 0 radical (unpaired) electrons. The van der Waals surface area contributed by atoms with E-state index in [4.69, 9.17) is 4.98 Å². The third-order valence-corrected chi connectivity index (χ3v) is 6.73. The van der Waals surface area contributed by atoms with E-state index in [-0.39, 0.29) is 17.4 Å². The molecule has 2 fully saturated rings. The molecule has 4 heterocycles. The quantitative estimate of drug-likeness (QED) is 0.656. The van der Waals surface area contributed by atoms with Crippen LogP contribution in [0.4, 0.5) is 5.69 Å². The molecule has 0 bridgehead atoms. The van der Waals surface area contributed by atoms with Gasteiger partial charge in [0.05, 0.1) is 22.8 Å². The first-order valence-electron chi connectivity index (χ1n) is 11.3. The standard InChI is InChI=1S/C24H28N6O2/c1-25-24(32)21-9-8-17(13-26-21)30-14-18(15-30)29-11-4-5-16(10-12-29)22-27-20-7-3-2-6-19(20)23(31)28-22/h2-3,6-9,13,16,18H,4-5,10-12,14-15H2,1H3,(H,25,32)(H,27,28,31). The summed E-state index contributed by atoms with van der Waals surface area (Å²) in [5.41, 5.74) is 2.22. The van der Waals surface area contributed by atoms with E-state index in [9.17, 15) is 9.59 Å². The Kier molecular flexibility index (Phi) is 5.61. The lowest BCUT2D eigenvalue weighted by Gasteiger charge is -2.46. The van der Waals surface area contributed by atoms with Gasteiger partial charge >= 0.3 is 0 Å². The van der Waals surface area contributed by atoms with Crippen molar-refractivity contribution < 1.29 is 4.79 Å². The molecule has 8 nitrogen and oxygen atoms in total. The molecule has 32 heavy (non-hydrogen) atoms. The van der Waals surface area contributed by atoms with Crippen molar-refractivity contribution in [1.29, 1.82) is 0 Å². The van der Waals surface area contributed by atoms with Gasteiger partial charge in [0, 0.05) is 32.1 Å². The number of carbonyl (C=O) groups is 1. The van der Waals surface area contributed by atoms with Crippen LogP contribution < -0.4 is 15.8 Å². The smallest absolute Gasteiger partial charge is 0.269 e. The number of hydrogen-bond donors (Lipinski definition) is 2. The lowest BCUT2D eigenvalue weighted by molar-refractivity contribution is 0.0958. The molecule has 1 atom stereocenters. The van der Waals surface area contributed by atoms with Crippen LogP contribution in [0.1, 0.15) is 41.5 Å². The van der Waals surface area contributed by atoms with E-state index >= 15 is 0 Å². The van der Waals surface area contributed by atoms with Crippen LogP contribution in [0.3, 0.4) is 0 Å². The maximum atomic E-state index is 12.5. The third-order valence-electron chi connectivity index (χ3n) is 6.73.